The lowest BCUT2D eigenvalue weighted by Gasteiger charge is -2.20. The van der Waals surface area contributed by atoms with Crippen molar-refractivity contribution in [1.82, 2.24) is 10.6 Å². The number of carbonyl (C=O) groups is 3. The van der Waals surface area contributed by atoms with Crippen LogP contribution in [0.2, 0.25) is 5.02 Å². The van der Waals surface area contributed by atoms with Gasteiger partial charge in [0.25, 0.3) is 11.8 Å². The molecule has 1 aliphatic carbocycles. The van der Waals surface area contributed by atoms with Gasteiger partial charge in [0, 0.05) is 18.2 Å². The predicted octanol–water partition coefficient (Wildman–Crippen LogP) is 4.07. The summed E-state index contributed by atoms with van der Waals surface area (Å²) < 4.78 is 0. The molecule has 0 spiro atoms. The Bertz CT molecular complexity index is 927. The minimum Gasteiger partial charge on any atom is -0.349 e. The zero-order valence-electron chi connectivity index (χ0n) is 17.1. The number of carbonyl (C=O) groups excluding carboxylic acids is 3. The summed E-state index contributed by atoms with van der Waals surface area (Å²) in [5.74, 6) is -0.621. The number of hydrogen-bond acceptors (Lipinski definition) is 3. The largest absolute Gasteiger partial charge is 0.349 e. The average Bonchev–Trinajstić information content (AvgIpc) is 3.50. The van der Waals surface area contributed by atoms with E-state index in [0.717, 1.165) is 12.8 Å². The highest BCUT2D eigenvalue weighted by atomic mass is 35.5. The molecule has 0 aliphatic heterocycles. The molecule has 6 nitrogen and oxygen atoms in total. The summed E-state index contributed by atoms with van der Waals surface area (Å²) in [5.41, 5.74) is 1.50. The third kappa shape index (κ3) is 6.07. The lowest BCUT2D eigenvalue weighted by Crippen LogP contribution is -2.37. The first-order valence-corrected chi connectivity index (χ1v) is 10.5. The molecule has 30 heavy (non-hydrogen) atoms. The van der Waals surface area contributed by atoms with Crippen LogP contribution in [0.5, 0.6) is 0 Å². The van der Waals surface area contributed by atoms with Gasteiger partial charge in [-0.2, -0.15) is 0 Å². The van der Waals surface area contributed by atoms with Crippen LogP contribution in [0.25, 0.3) is 0 Å². The van der Waals surface area contributed by atoms with E-state index in [1.807, 2.05) is 32.0 Å². The molecule has 3 amide bonds. The maximum absolute atomic E-state index is 13.0. The van der Waals surface area contributed by atoms with Gasteiger partial charge < -0.3 is 16.0 Å². The smallest absolute Gasteiger partial charge is 0.253 e. The van der Waals surface area contributed by atoms with E-state index in [4.69, 9.17) is 11.6 Å². The summed E-state index contributed by atoms with van der Waals surface area (Å²) in [6.07, 6.45) is 2.30. The molecule has 0 radical (unpaired) electrons. The first kappa shape index (κ1) is 21.8. The van der Waals surface area contributed by atoms with Crippen LogP contribution in [-0.4, -0.2) is 23.8 Å². The molecule has 3 N–H and O–H groups in total. The molecule has 0 saturated heterocycles. The highest BCUT2D eigenvalue weighted by molar-refractivity contribution is 6.34. The number of halogens is 1. The Morgan fingerprint density at radius 1 is 1.07 bits per heavy atom. The molecule has 0 heterocycles. The topological polar surface area (TPSA) is 87.3 Å². The molecule has 2 aromatic carbocycles. The fourth-order valence-electron chi connectivity index (χ4n) is 3.02. The third-order valence-electron chi connectivity index (χ3n) is 4.69. The number of benzene rings is 2. The Labute approximate surface area is 181 Å². The summed E-state index contributed by atoms with van der Waals surface area (Å²) in [6.45, 7) is 3.89. The van der Waals surface area contributed by atoms with E-state index in [0.29, 0.717) is 23.2 Å². The Kier molecular flexibility index (Phi) is 7.11. The van der Waals surface area contributed by atoms with Crippen molar-refractivity contribution in [3.63, 3.8) is 0 Å². The number of rotatable bonds is 8. The second kappa shape index (κ2) is 9.76. The maximum Gasteiger partial charge on any atom is 0.253 e. The summed E-state index contributed by atoms with van der Waals surface area (Å²) in [5, 5.41) is 8.74. The molecule has 0 aromatic heterocycles. The van der Waals surface area contributed by atoms with Crippen molar-refractivity contribution in [2.24, 2.45) is 5.92 Å². The van der Waals surface area contributed by atoms with Crippen LogP contribution >= 0.6 is 11.6 Å². The lowest BCUT2D eigenvalue weighted by molar-refractivity contribution is -0.127. The number of anilines is 1. The van der Waals surface area contributed by atoms with Gasteiger partial charge in [-0.3, -0.25) is 14.4 Å². The second-order valence-corrected chi connectivity index (χ2v) is 8.35. The maximum atomic E-state index is 13.0. The van der Waals surface area contributed by atoms with Crippen LogP contribution in [0.4, 0.5) is 5.69 Å². The number of amides is 3. The van der Waals surface area contributed by atoms with Gasteiger partial charge in [-0.05, 0) is 42.5 Å². The van der Waals surface area contributed by atoms with Gasteiger partial charge in [-0.1, -0.05) is 55.8 Å². The number of nitrogens with one attached hydrogen (secondary N) is 3. The standard InChI is InChI=1S/C23H26ClN3O3/c1-14(2)12-20(28)27-21(15-6-4-3-5-7-15)23(30)26-17-10-11-18(19(24)13-17)22(29)25-16-8-9-16/h3-7,10-11,13-14,16,21H,8-9,12H2,1-2H3,(H,25,29)(H,26,30)(H,27,28). The van der Waals surface area contributed by atoms with Crippen LogP contribution in [0.15, 0.2) is 48.5 Å². The van der Waals surface area contributed by atoms with Gasteiger partial charge in [0.15, 0.2) is 0 Å². The molecule has 1 saturated carbocycles. The molecule has 7 heteroatoms. The molecule has 1 fully saturated rings. The molecular formula is C23H26ClN3O3. The molecule has 158 valence electrons. The van der Waals surface area contributed by atoms with Crippen molar-refractivity contribution < 1.29 is 14.4 Å². The third-order valence-corrected chi connectivity index (χ3v) is 5.00. The molecule has 1 unspecified atom stereocenters. The zero-order chi connectivity index (χ0) is 21.7. The first-order valence-electron chi connectivity index (χ1n) is 10.1. The van der Waals surface area contributed by atoms with E-state index in [1.165, 1.54) is 0 Å². The Morgan fingerprint density at radius 2 is 1.77 bits per heavy atom. The molecule has 0 bridgehead atoms. The van der Waals surface area contributed by atoms with Crippen LogP contribution in [-0.2, 0) is 9.59 Å². The summed E-state index contributed by atoms with van der Waals surface area (Å²) in [7, 11) is 0. The fourth-order valence-corrected chi connectivity index (χ4v) is 3.29. The van der Waals surface area contributed by atoms with E-state index >= 15 is 0 Å². The SMILES string of the molecule is CC(C)CC(=O)NC(C(=O)Nc1ccc(C(=O)NC2CC2)c(Cl)c1)c1ccccc1. The predicted molar refractivity (Wildman–Crippen MR) is 117 cm³/mol. The molecule has 3 rings (SSSR count). The highest BCUT2D eigenvalue weighted by Gasteiger charge is 2.26. The van der Waals surface area contributed by atoms with E-state index in [9.17, 15) is 14.4 Å². The van der Waals surface area contributed by atoms with E-state index < -0.39 is 6.04 Å². The zero-order valence-corrected chi connectivity index (χ0v) is 17.8. The summed E-state index contributed by atoms with van der Waals surface area (Å²) >= 11 is 6.27. The summed E-state index contributed by atoms with van der Waals surface area (Å²) in [4.78, 5) is 37.5. The highest BCUT2D eigenvalue weighted by Crippen LogP contribution is 2.25. The molecular weight excluding hydrogens is 402 g/mol. The Balaban J connectivity index is 1.73. The minimum absolute atomic E-state index is 0.178. The average molecular weight is 428 g/mol. The van der Waals surface area contributed by atoms with E-state index in [2.05, 4.69) is 16.0 Å². The minimum atomic E-state index is -0.839. The molecule has 1 atom stereocenters. The normalized spacial score (nSPS) is 14.1. The van der Waals surface area contributed by atoms with Crippen LogP contribution in [0.3, 0.4) is 0 Å². The van der Waals surface area contributed by atoms with Gasteiger partial charge in [0.05, 0.1) is 10.6 Å². The summed E-state index contributed by atoms with van der Waals surface area (Å²) in [6, 6.07) is 13.2. The van der Waals surface area contributed by atoms with Gasteiger partial charge in [0.2, 0.25) is 5.91 Å². The second-order valence-electron chi connectivity index (χ2n) is 7.94. The van der Waals surface area contributed by atoms with E-state index in [1.54, 1.807) is 30.3 Å². The van der Waals surface area contributed by atoms with Crippen molar-refractivity contribution in [1.29, 1.82) is 0 Å². The van der Waals surface area contributed by atoms with Crippen molar-refractivity contribution >= 4 is 35.0 Å². The van der Waals surface area contributed by atoms with Crippen LogP contribution in [0, 0.1) is 5.92 Å². The van der Waals surface area contributed by atoms with Crippen molar-refractivity contribution in [3.8, 4) is 0 Å². The fraction of sp³-hybridized carbons (Fsp3) is 0.348. The van der Waals surface area contributed by atoms with Gasteiger partial charge in [-0.25, -0.2) is 0 Å². The van der Waals surface area contributed by atoms with Crippen molar-refractivity contribution in [2.75, 3.05) is 5.32 Å². The first-order chi connectivity index (χ1) is 14.3. The lowest BCUT2D eigenvalue weighted by atomic mass is 10.0. The van der Waals surface area contributed by atoms with Crippen LogP contribution in [0.1, 0.15) is 55.1 Å². The van der Waals surface area contributed by atoms with Gasteiger partial charge in [-0.15, -0.1) is 0 Å². The van der Waals surface area contributed by atoms with Crippen molar-refractivity contribution in [3.05, 3.63) is 64.7 Å². The monoisotopic (exact) mass is 427 g/mol. The van der Waals surface area contributed by atoms with Gasteiger partial charge in [0.1, 0.15) is 6.04 Å². The van der Waals surface area contributed by atoms with Crippen molar-refractivity contribution in [2.45, 2.75) is 45.2 Å². The van der Waals surface area contributed by atoms with E-state index in [-0.39, 0.29) is 34.7 Å². The number of hydrogen-bond donors (Lipinski definition) is 3. The molecule has 2 aromatic rings. The Morgan fingerprint density at radius 3 is 2.37 bits per heavy atom. The quantitative estimate of drug-likeness (QED) is 0.593. The van der Waals surface area contributed by atoms with Crippen LogP contribution < -0.4 is 16.0 Å². The Hall–Kier alpha value is -2.86. The van der Waals surface area contributed by atoms with Gasteiger partial charge >= 0.3 is 0 Å². The molecule has 1 aliphatic rings.